The van der Waals surface area contributed by atoms with E-state index in [9.17, 15) is 29.3 Å². The summed E-state index contributed by atoms with van der Waals surface area (Å²) in [6.45, 7) is -0.612. The Morgan fingerprint density at radius 1 is 0.938 bits per heavy atom. The van der Waals surface area contributed by atoms with Gasteiger partial charge in [0.1, 0.15) is 12.1 Å². The number of hydrazine groups is 1. The minimum absolute atomic E-state index is 0.283. The average Bonchev–Trinajstić information content (AvgIpc) is 3.07. The lowest BCUT2D eigenvalue weighted by molar-refractivity contribution is -0.385. The molecule has 9 nitrogen and oxygen atoms in total. The number of hydrogen-bond donors (Lipinski definition) is 0. The summed E-state index contributed by atoms with van der Waals surface area (Å²) >= 11 is 0. The molecule has 2 aromatic rings. The molecule has 2 aliphatic rings. The number of nitro groups is 1. The fraction of sp³-hybridized carbons (Fsp3) is 0.217. The largest absolute Gasteiger partial charge is 0.292 e. The molecule has 9 heteroatoms. The van der Waals surface area contributed by atoms with Crippen LogP contribution >= 0.6 is 0 Å². The number of Topliss-reactive ketones (excluding diaryl/α,β-unsaturated/α-hetero) is 1. The Bertz CT molecular complexity index is 1120. The number of imide groups is 1. The van der Waals surface area contributed by atoms with Crippen LogP contribution in [0, 0.1) is 22.0 Å². The summed E-state index contributed by atoms with van der Waals surface area (Å²) in [5, 5.41) is 12.9. The molecule has 0 saturated carbocycles. The number of rotatable bonds is 6. The van der Waals surface area contributed by atoms with Gasteiger partial charge >= 0.3 is 0 Å². The van der Waals surface area contributed by atoms with Gasteiger partial charge in [-0.05, 0) is 18.9 Å². The van der Waals surface area contributed by atoms with Gasteiger partial charge in [0, 0.05) is 11.6 Å². The van der Waals surface area contributed by atoms with E-state index in [0.29, 0.717) is 17.9 Å². The number of ketones is 1. The predicted octanol–water partition coefficient (Wildman–Crippen LogP) is 2.79. The molecule has 0 spiro atoms. The molecule has 2 atom stereocenters. The minimum Gasteiger partial charge on any atom is -0.292 e. The van der Waals surface area contributed by atoms with E-state index >= 15 is 0 Å². The van der Waals surface area contributed by atoms with Crippen molar-refractivity contribution >= 4 is 29.2 Å². The van der Waals surface area contributed by atoms with E-state index in [1.54, 1.807) is 42.5 Å². The van der Waals surface area contributed by atoms with Gasteiger partial charge in [0.15, 0.2) is 5.78 Å². The number of carbonyl (C=O) groups is 4. The molecule has 162 valence electrons. The minimum atomic E-state index is -0.963. The van der Waals surface area contributed by atoms with E-state index in [4.69, 9.17) is 0 Å². The van der Waals surface area contributed by atoms with Crippen molar-refractivity contribution in [2.75, 3.05) is 6.54 Å². The van der Waals surface area contributed by atoms with E-state index in [0.717, 1.165) is 11.1 Å². The number of benzene rings is 2. The van der Waals surface area contributed by atoms with Gasteiger partial charge in [0.25, 0.3) is 23.4 Å². The van der Waals surface area contributed by atoms with Crippen LogP contribution in [0.1, 0.15) is 33.6 Å². The molecule has 1 aliphatic heterocycles. The van der Waals surface area contributed by atoms with Crippen molar-refractivity contribution in [3.63, 3.8) is 0 Å². The molecule has 1 aliphatic carbocycles. The van der Waals surface area contributed by atoms with Gasteiger partial charge in [-0.2, -0.15) is 5.01 Å². The second-order valence-corrected chi connectivity index (χ2v) is 7.57. The first kappa shape index (κ1) is 21.1. The number of fused-ring (bicyclic) bond motifs is 1. The zero-order valence-corrected chi connectivity index (χ0v) is 16.9. The standard InChI is InChI=1S/C23H19N3O6/c27-20(15-8-2-1-3-9-15)14-24(21(28)18-12-6-7-13-19(18)26(31)32)25-22(29)16-10-4-5-11-17(16)23(25)30/h1-9,12-13,16-17H,10-11,14H2/t16-,17-/m0/s1. The van der Waals surface area contributed by atoms with Crippen LogP contribution in [-0.2, 0) is 9.59 Å². The van der Waals surface area contributed by atoms with E-state index in [-0.39, 0.29) is 11.1 Å². The number of hydrogen-bond acceptors (Lipinski definition) is 6. The smallest absolute Gasteiger partial charge is 0.282 e. The van der Waals surface area contributed by atoms with Crippen LogP contribution in [-0.4, -0.2) is 45.0 Å². The molecule has 0 bridgehead atoms. The van der Waals surface area contributed by atoms with Gasteiger partial charge in [-0.25, -0.2) is 5.01 Å². The Labute approximate surface area is 183 Å². The fourth-order valence-corrected chi connectivity index (χ4v) is 4.06. The lowest BCUT2D eigenvalue weighted by Crippen LogP contribution is -2.52. The van der Waals surface area contributed by atoms with Gasteiger partial charge < -0.3 is 0 Å². The summed E-state index contributed by atoms with van der Waals surface area (Å²) in [5.74, 6) is -3.89. The molecule has 1 heterocycles. The molecule has 3 amide bonds. The van der Waals surface area contributed by atoms with Gasteiger partial charge in [-0.15, -0.1) is 0 Å². The molecular weight excluding hydrogens is 414 g/mol. The second kappa shape index (κ2) is 8.54. The van der Waals surface area contributed by atoms with Crippen molar-refractivity contribution in [1.82, 2.24) is 10.0 Å². The number of carbonyl (C=O) groups excluding carboxylic acids is 4. The van der Waals surface area contributed by atoms with Crippen LogP contribution in [0.5, 0.6) is 0 Å². The van der Waals surface area contributed by atoms with Gasteiger partial charge in [-0.1, -0.05) is 54.6 Å². The Morgan fingerprint density at radius 3 is 2.09 bits per heavy atom. The Balaban J connectivity index is 1.75. The van der Waals surface area contributed by atoms with E-state index < -0.39 is 52.5 Å². The molecular formula is C23H19N3O6. The maximum atomic E-state index is 13.4. The van der Waals surface area contributed by atoms with Crippen LogP contribution < -0.4 is 0 Å². The van der Waals surface area contributed by atoms with E-state index in [1.165, 1.54) is 18.2 Å². The summed E-state index contributed by atoms with van der Waals surface area (Å²) in [6, 6.07) is 13.3. The highest BCUT2D eigenvalue weighted by atomic mass is 16.6. The average molecular weight is 433 g/mol. The van der Waals surface area contributed by atoms with Crippen molar-refractivity contribution < 1.29 is 24.1 Å². The van der Waals surface area contributed by atoms with Crippen LogP contribution in [0.3, 0.4) is 0 Å². The first-order valence-corrected chi connectivity index (χ1v) is 10.1. The van der Waals surface area contributed by atoms with Gasteiger partial charge in [-0.3, -0.25) is 29.3 Å². The maximum absolute atomic E-state index is 13.4. The quantitative estimate of drug-likeness (QED) is 0.227. The molecule has 0 N–H and O–H groups in total. The molecule has 1 fully saturated rings. The third-order valence-electron chi connectivity index (χ3n) is 5.68. The molecule has 0 aromatic heterocycles. The molecule has 0 radical (unpaired) electrons. The lowest BCUT2D eigenvalue weighted by atomic mass is 9.85. The predicted molar refractivity (Wildman–Crippen MR) is 112 cm³/mol. The summed E-state index contributed by atoms with van der Waals surface area (Å²) in [4.78, 5) is 63.3. The highest BCUT2D eigenvalue weighted by Gasteiger charge is 2.51. The summed E-state index contributed by atoms with van der Waals surface area (Å²) in [5.41, 5.74) is -0.508. The van der Waals surface area contributed by atoms with Crippen molar-refractivity contribution in [1.29, 1.82) is 0 Å². The van der Waals surface area contributed by atoms with Crippen molar-refractivity contribution in [2.24, 2.45) is 11.8 Å². The van der Waals surface area contributed by atoms with Crippen LogP contribution in [0.2, 0.25) is 0 Å². The number of allylic oxidation sites excluding steroid dienone is 2. The third kappa shape index (κ3) is 3.68. The summed E-state index contributed by atoms with van der Waals surface area (Å²) in [7, 11) is 0. The van der Waals surface area contributed by atoms with Crippen LogP contribution in [0.4, 0.5) is 5.69 Å². The van der Waals surface area contributed by atoms with Gasteiger partial charge in [0.05, 0.1) is 16.8 Å². The Kier molecular flexibility index (Phi) is 5.63. The zero-order chi connectivity index (χ0) is 22.8. The molecule has 0 unspecified atom stereocenters. The second-order valence-electron chi connectivity index (χ2n) is 7.57. The monoisotopic (exact) mass is 433 g/mol. The first-order valence-electron chi connectivity index (χ1n) is 10.1. The van der Waals surface area contributed by atoms with Crippen molar-refractivity contribution in [3.8, 4) is 0 Å². The Morgan fingerprint density at radius 2 is 1.50 bits per heavy atom. The summed E-state index contributed by atoms with van der Waals surface area (Å²) < 4.78 is 0. The third-order valence-corrected chi connectivity index (χ3v) is 5.68. The van der Waals surface area contributed by atoms with E-state index in [2.05, 4.69) is 0 Å². The highest BCUT2D eigenvalue weighted by Crippen LogP contribution is 2.36. The SMILES string of the molecule is O=C(CN(C(=O)c1ccccc1[N+](=O)[O-])N1C(=O)[C@H]2CC=CC[C@@H]2C1=O)c1ccccc1. The highest BCUT2D eigenvalue weighted by molar-refractivity contribution is 6.10. The number of amides is 3. The lowest BCUT2D eigenvalue weighted by Gasteiger charge is -2.30. The first-order chi connectivity index (χ1) is 15.4. The number of nitrogens with zero attached hydrogens (tertiary/aromatic N) is 3. The maximum Gasteiger partial charge on any atom is 0.282 e. The summed E-state index contributed by atoms with van der Waals surface area (Å²) in [6.07, 6.45) is 4.32. The molecule has 1 saturated heterocycles. The van der Waals surface area contributed by atoms with Gasteiger partial charge in [0.2, 0.25) is 0 Å². The molecule has 32 heavy (non-hydrogen) atoms. The zero-order valence-electron chi connectivity index (χ0n) is 16.9. The van der Waals surface area contributed by atoms with Crippen molar-refractivity contribution in [3.05, 3.63) is 88.0 Å². The molecule has 4 rings (SSSR count). The number of nitro benzene ring substituents is 1. The van der Waals surface area contributed by atoms with Crippen LogP contribution in [0.15, 0.2) is 66.7 Å². The molecule has 2 aromatic carbocycles. The number of para-hydroxylation sites is 1. The topological polar surface area (TPSA) is 118 Å². The van der Waals surface area contributed by atoms with Crippen LogP contribution in [0.25, 0.3) is 0 Å². The normalized spacial score (nSPS) is 19.6. The fourth-order valence-electron chi connectivity index (χ4n) is 4.06. The Hall–Kier alpha value is -4.14. The van der Waals surface area contributed by atoms with E-state index in [1.807, 2.05) is 0 Å². The van der Waals surface area contributed by atoms with Crippen molar-refractivity contribution in [2.45, 2.75) is 12.8 Å².